The number of hydrogen-bond donors (Lipinski definition) is 1. The van der Waals surface area contributed by atoms with Crippen molar-refractivity contribution in [1.82, 2.24) is 19.8 Å². The summed E-state index contributed by atoms with van der Waals surface area (Å²) in [6.45, 7) is 9.85. The molecule has 2 aromatic heterocycles. The summed E-state index contributed by atoms with van der Waals surface area (Å²) in [5.74, 6) is -0.255. The maximum atomic E-state index is 12.4. The standard InChI is InChI=1S/C25H33N5O5/c1-16-14-30(21-19(16)11-17(13-26-21)29-8-5-20(31)27-22(29)32)18-12-25(34-15-18)6-9-28(10-7-25)23(33)35-24(2,3)4/h11,13-14,18H,5-10,12,15H2,1-4H3,(H,27,31,32). The molecule has 0 saturated carbocycles. The van der Waals surface area contributed by atoms with Crippen LogP contribution in [0.1, 0.15) is 58.1 Å². The molecule has 0 radical (unpaired) electrons. The number of piperidine rings is 1. The molecule has 10 nitrogen and oxygen atoms in total. The fraction of sp³-hybridized carbons (Fsp3) is 0.600. The molecule has 2 aromatic rings. The lowest BCUT2D eigenvalue weighted by atomic mass is 9.87. The van der Waals surface area contributed by atoms with Crippen LogP contribution in [0.3, 0.4) is 0 Å². The Kier molecular flexibility index (Phi) is 5.74. The number of ether oxygens (including phenoxy) is 2. The second-order valence-corrected chi connectivity index (χ2v) is 10.9. The van der Waals surface area contributed by atoms with E-state index in [9.17, 15) is 14.4 Å². The number of hydrogen-bond acceptors (Lipinski definition) is 6. The normalized spacial score (nSPS) is 22.7. The smallest absolute Gasteiger partial charge is 0.410 e. The van der Waals surface area contributed by atoms with E-state index in [0.717, 1.165) is 35.9 Å². The third kappa shape index (κ3) is 4.59. The molecule has 0 bridgehead atoms. The SMILES string of the molecule is Cc1cn(C2COC3(CCN(C(=O)OC(C)(C)C)CC3)C2)c2ncc(N3CCC(=O)NC3=O)cc12. The number of aromatic nitrogens is 2. The molecular weight excluding hydrogens is 450 g/mol. The molecule has 1 N–H and O–H groups in total. The van der Waals surface area contributed by atoms with Gasteiger partial charge in [-0.05, 0) is 58.6 Å². The second kappa shape index (κ2) is 8.51. The summed E-state index contributed by atoms with van der Waals surface area (Å²) >= 11 is 0. The van der Waals surface area contributed by atoms with Gasteiger partial charge in [-0.25, -0.2) is 14.6 Å². The molecule has 0 aliphatic carbocycles. The summed E-state index contributed by atoms with van der Waals surface area (Å²) in [7, 11) is 0. The summed E-state index contributed by atoms with van der Waals surface area (Å²) < 4.78 is 14.1. The van der Waals surface area contributed by atoms with Crippen LogP contribution in [0.15, 0.2) is 18.5 Å². The van der Waals surface area contributed by atoms with E-state index in [1.54, 1.807) is 16.0 Å². The van der Waals surface area contributed by atoms with Crippen LogP contribution in [0, 0.1) is 6.92 Å². The molecule has 1 atom stereocenters. The van der Waals surface area contributed by atoms with Crippen molar-refractivity contribution in [3.8, 4) is 0 Å². The molecule has 1 spiro atoms. The number of fused-ring (bicyclic) bond motifs is 1. The Bertz CT molecular complexity index is 1170. The van der Waals surface area contributed by atoms with E-state index < -0.39 is 11.6 Å². The highest BCUT2D eigenvalue weighted by atomic mass is 16.6. The first-order chi connectivity index (χ1) is 16.5. The number of likely N-dealkylation sites (tertiary alicyclic amines) is 1. The minimum absolute atomic E-state index is 0.147. The number of urea groups is 1. The van der Waals surface area contributed by atoms with Crippen LogP contribution in [-0.2, 0) is 14.3 Å². The van der Waals surface area contributed by atoms with Crippen molar-refractivity contribution in [2.75, 3.05) is 31.1 Å². The Morgan fingerprint density at radius 1 is 1.23 bits per heavy atom. The van der Waals surface area contributed by atoms with E-state index in [4.69, 9.17) is 14.5 Å². The van der Waals surface area contributed by atoms with Gasteiger partial charge in [0, 0.05) is 37.6 Å². The Balaban J connectivity index is 1.29. The molecule has 10 heteroatoms. The van der Waals surface area contributed by atoms with E-state index >= 15 is 0 Å². The number of rotatable bonds is 2. The summed E-state index contributed by atoms with van der Waals surface area (Å²) in [6, 6.07) is 1.70. The Morgan fingerprint density at radius 3 is 2.66 bits per heavy atom. The maximum absolute atomic E-state index is 12.4. The van der Waals surface area contributed by atoms with Gasteiger partial charge in [0.2, 0.25) is 5.91 Å². The monoisotopic (exact) mass is 483 g/mol. The third-order valence-corrected chi connectivity index (χ3v) is 7.13. The number of carbonyl (C=O) groups is 3. The van der Waals surface area contributed by atoms with Gasteiger partial charge >= 0.3 is 12.1 Å². The number of aryl methyl sites for hydroxylation is 1. The zero-order valence-corrected chi connectivity index (χ0v) is 20.8. The highest BCUT2D eigenvalue weighted by molar-refractivity contribution is 6.06. The number of anilines is 1. The summed E-state index contributed by atoms with van der Waals surface area (Å²) in [4.78, 5) is 44.2. The highest BCUT2D eigenvalue weighted by Crippen LogP contribution is 2.42. The van der Waals surface area contributed by atoms with Crippen molar-refractivity contribution < 1.29 is 23.9 Å². The zero-order chi connectivity index (χ0) is 25.0. The second-order valence-electron chi connectivity index (χ2n) is 10.9. The lowest BCUT2D eigenvalue weighted by Crippen LogP contribution is -2.49. The van der Waals surface area contributed by atoms with Crippen LogP contribution in [0.4, 0.5) is 15.3 Å². The third-order valence-electron chi connectivity index (χ3n) is 7.13. The van der Waals surface area contributed by atoms with Gasteiger partial charge < -0.3 is 18.9 Å². The van der Waals surface area contributed by atoms with Crippen LogP contribution in [0.5, 0.6) is 0 Å². The molecule has 3 aliphatic rings. The quantitative estimate of drug-likeness (QED) is 0.701. The molecule has 3 aliphatic heterocycles. The number of pyridine rings is 1. The molecule has 35 heavy (non-hydrogen) atoms. The highest BCUT2D eigenvalue weighted by Gasteiger charge is 2.45. The maximum Gasteiger partial charge on any atom is 0.410 e. The lowest BCUT2D eigenvalue weighted by Gasteiger charge is -2.39. The lowest BCUT2D eigenvalue weighted by molar-refractivity contribution is -0.120. The first-order valence-electron chi connectivity index (χ1n) is 12.2. The predicted molar refractivity (Wildman–Crippen MR) is 129 cm³/mol. The first kappa shape index (κ1) is 23.6. The van der Waals surface area contributed by atoms with Crippen LogP contribution < -0.4 is 10.2 Å². The first-order valence-corrected chi connectivity index (χ1v) is 12.2. The fourth-order valence-corrected chi connectivity index (χ4v) is 5.29. The van der Waals surface area contributed by atoms with Gasteiger partial charge in [-0.2, -0.15) is 0 Å². The molecule has 188 valence electrons. The Hall–Kier alpha value is -3.14. The molecule has 1 unspecified atom stereocenters. The largest absolute Gasteiger partial charge is 0.444 e. The van der Waals surface area contributed by atoms with Crippen LogP contribution in [0.25, 0.3) is 11.0 Å². The summed E-state index contributed by atoms with van der Waals surface area (Å²) in [6.07, 6.45) is 6.22. The minimum atomic E-state index is -0.503. The molecule has 5 heterocycles. The van der Waals surface area contributed by atoms with Gasteiger partial charge in [-0.3, -0.25) is 15.0 Å². The number of carbonyl (C=O) groups excluding carboxylic acids is 3. The fourth-order valence-electron chi connectivity index (χ4n) is 5.29. The van der Waals surface area contributed by atoms with Crippen molar-refractivity contribution in [2.45, 2.75) is 70.6 Å². The molecule has 4 amide bonds. The topological polar surface area (TPSA) is 106 Å². The number of nitrogens with one attached hydrogen (secondary N) is 1. The van der Waals surface area contributed by atoms with E-state index in [1.165, 1.54) is 0 Å². The number of amides is 4. The van der Waals surface area contributed by atoms with Crippen molar-refractivity contribution in [1.29, 1.82) is 0 Å². The van der Waals surface area contributed by atoms with Crippen molar-refractivity contribution in [3.05, 3.63) is 24.0 Å². The van der Waals surface area contributed by atoms with Gasteiger partial charge in [0.1, 0.15) is 11.2 Å². The van der Waals surface area contributed by atoms with E-state index in [1.807, 2.05) is 33.8 Å². The van der Waals surface area contributed by atoms with E-state index in [0.29, 0.717) is 31.9 Å². The Morgan fingerprint density at radius 2 is 1.97 bits per heavy atom. The van der Waals surface area contributed by atoms with Crippen molar-refractivity contribution >= 4 is 34.8 Å². The number of nitrogens with zero attached hydrogens (tertiary/aromatic N) is 4. The molecule has 3 saturated heterocycles. The Labute approximate surface area is 204 Å². The summed E-state index contributed by atoms with van der Waals surface area (Å²) in [5.41, 5.74) is 1.86. The minimum Gasteiger partial charge on any atom is -0.444 e. The number of imide groups is 1. The predicted octanol–water partition coefficient (Wildman–Crippen LogP) is 3.52. The van der Waals surface area contributed by atoms with Crippen molar-refractivity contribution in [3.63, 3.8) is 0 Å². The van der Waals surface area contributed by atoms with Gasteiger partial charge in [0.25, 0.3) is 0 Å². The molecule has 5 rings (SSSR count). The van der Waals surface area contributed by atoms with Crippen LogP contribution >= 0.6 is 0 Å². The molecule has 0 aromatic carbocycles. The average Bonchev–Trinajstić information content (AvgIpc) is 3.34. The van der Waals surface area contributed by atoms with Crippen LogP contribution in [0.2, 0.25) is 0 Å². The van der Waals surface area contributed by atoms with Crippen molar-refractivity contribution in [2.24, 2.45) is 0 Å². The average molecular weight is 484 g/mol. The van der Waals surface area contributed by atoms with Gasteiger partial charge in [0.15, 0.2) is 0 Å². The van der Waals surface area contributed by atoms with Gasteiger partial charge in [0.05, 0.1) is 30.1 Å². The van der Waals surface area contributed by atoms with E-state index in [-0.39, 0.29) is 30.1 Å². The zero-order valence-electron chi connectivity index (χ0n) is 20.8. The van der Waals surface area contributed by atoms with Crippen LogP contribution in [-0.4, -0.2) is 69.9 Å². The van der Waals surface area contributed by atoms with Gasteiger partial charge in [-0.1, -0.05) is 0 Å². The summed E-state index contributed by atoms with van der Waals surface area (Å²) in [5, 5.41) is 3.34. The van der Waals surface area contributed by atoms with Gasteiger partial charge in [-0.15, -0.1) is 0 Å². The molecule has 3 fully saturated rings. The van der Waals surface area contributed by atoms with E-state index in [2.05, 4.69) is 16.1 Å². The molecular formula is C25H33N5O5.